The molecule has 1 fully saturated rings. The predicted octanol–water partition coefficient (Wildman–Crippen LogP) is -0.327. The maximum absolute atomic E-state index is 12.1. The topological polar surface area (TPSA) is 102 Å². The lowest BCUT2D eigenvalue weighted by Gasteiger charge is -2.27. The Balaban J connectivity index is 2.63. The van der Waals surface area contributed by atoms with E-state index in [4.69, 9.17) is 15.6 Å². The molecule has 1 aliphatic rings. The summed E-state index contributed by atoms with van der Waals surface area (Å²) in [6.45, 7) is 2.26. The van der Waals surface area contributed by atoms with E-state index < -0.39 is 23.5 Å². The van der Waals surface area contributed by atoms with Crippen LogP contribution in [0, 0.1) is 5.41 Å². The molecule has 0 radical (unpaired) electrons. The second kappa shape index (κ2) is 6.40. The molecule has 4 N–H and O–H groups in total. The molecule has 7 heteroatoms. The summed E-state index contributed by atoms with van der Waals surface area (Å²) in [4.78, 5) is 23.2. The molecule has 1 amide bonds. The smallest absolute Gasteiger partial charge is 0.326 e. The highest BCUT2D eigenvalue weighted by atomic mass is 32.2. The third-order valence-corrected chi connectivity index (χ3v) is 3.89. The van der Waals surface area contributed by atoms with Crippen molar-refractivity contribution in [2.24, 2.45) is 11.1 Å². The van der Waals surface area contributed by atoms with Crippen molar-refractivity contribution in [3.63, 3.8) is 0 Å². The normalized spacial score (nSPS) is 28.9. The molecule has 0 spiro atoms. The van der Waals surface area contributed by atoms with Gasteiger partial charge in [0.15, 0.2) is 0 Å². The molecule has 2 unspecified atom stereocenters. The maximum Gasteiger partial charge on any atom is 0.326 e. The van der Waals surface area contributed by atoms with Gasteiger partial charge in [-0.05, 0) is 25.4 Å². The summed E-state index contributed by atoms with van der Waals surface area (Å²) < 4.78 is 5.18. The first-order valence-corrected chi connectivity index (χ1v) is 7.17. The number of nitrogens with one attached hydrogen (secondary N) is 1. The fourth-order valence-corrected chi connectivity index (χ4v) is 2.21. The zero-order chi connectivity index (χ0) is 13.8. The van der Waals surface area contributed by atoms with Gasteiger partial charge in [0.05, 0.1) is 18.6 Å². The second-order valence-corrected chi connectivity index (χ2v) is 5.67. The second-order valence-electron chi connectivity index (χ2n) is 4.68. The van der Waals surface area contributed by atoms with Gasteiger partial charge in [0.2, 0.25) is 5.91 Å². The Morgan fingerprint density at radius 2 is 2.33 bits per heavy atom. The molecule has 0 aromatic heterocycles. The van der Waals surface area contributed by atoms with E-state index in [-0.39, 0.29) is 12.5 Å². The summed E-state index contributed by atoms with van der Waals surface area (Å²) in [5, 5.41) is 11.6. The third kappa shape index (κ3) is 3.37. The Morgan fingerprint density at radius 3 is 2.78 bits per heavy atom. The van der Waals surface area contributed by atoms with Gasteiger partial charge in [-0.1, -0.05) is 0 Å². The van der Waals surface area contributed by atoms with Crippen LogP contribution >= 0.6 is 11.8 Å². The summed E-state index contributed by atoms with van der Waals surface area (Å²) in [7, 11) is 0. The van der Waals surface area contributed by atoms with Crippen LogP contribution in [0.5, 0.6) is 0 Å². The Kier molecular flexibility index (Phi) is 5.43. The monoisotopic (exact) mass is 276 g/mol. The van der Waals surface area contributed by atoms with Crippen molar-refractivity contribution in [1.29, 1.82) is 0 Å². The van der Waals surface area contributed by atoms with E-state index in [1.165, 1.54) is 0 Å². The minimum absolute atomic E-state index is 0.231. The number of ether oxygens (including phenoxy) is 1. The molecule has 3 atom stereocenters. The first kappa shape index (κ1) is 15.3. The summed E-state index contributed by atoms with van der Waals surface area (Å²) in [6, 6.07) is -1.26. The summed E-state index contributed by atoms with van der Waals surface area (Å²) in [5.74, 6) is -0.689. The van der Waals surface area contributed by atoms with Crippen molar-refractivity contribution < 1.29 is 19.4 Å². The van der Waals surface area contributed by atoms with E-state index in [9.17, 15) is 9.59 Å². The van der Waals surface area contributed by atoms with Gasteiger partial charge in [0.25, 0.3) is 0 Å². The quantitative estimate of drug-likeness (QED) is 0.614. The lowest BCUT2D eigenvalue weighted by atomic mass is 9.84. The number of carbonyl (C=O) groups is 2. The van der Waals surface area contributed by atoms with Gasteiger partial charge in [-0.2, -0.15) is 11.8 Å². The fourth-order valence-electron chi connectivity index (χ4n) is 1.74. The number of nitrogens with two attached hydrogens (primary N) is 1. The van der Waals surface area contributed by atoms with Gasteiger partial charge in [0, 0.05) is 6.04 Å². The summed E-state index contributed by atoms with van der Waals surface area (Å²) in [5.41, 5.74) is 4.99. The molecule has 18 heavy (non-hydrogen) atoms. The largest absolute Gasteiger partial charge is 0.480 e. The van der Waals surface area contributed by atoms with E-state index in [0.717, 1.165) is 0 Å². The molecular weight excluding hydrogens is 256 g/mol. The number of aliphatic carboxylic acids is 1. The number of carboxylic acid groups (broad SMARTS) is 1. The van der Waals surface area contributed by atoms with Gasteiger partial charge in [-0.3, -0.25) is 4.79 Å². The van der Waals surface area contributed by atoms with E-state index in [0.29, 0.717) is 18.8 Å². The van der Waals surface area contributed by atoms with E-state index in [2.05, 4.69) is 5.32 Å². The van der Waals surface area contributed by atoms with Gasteiger partial charge in [0.1, 0.15) is 6.04 Å². The zero-order valence-corrected chi connectivity index (χ0v) is 11.5. The lowest BCUT2D eigenvalue weighted by molar-refractivity contribution is -0.143. The number of carbonyl (C=O) groups excluding carboxylic acids is 1. The highest BCUT2D eigenvalue weighted by Gasteiger charge is 2.45. The number of hydrogen-bond donors (Lipinski definition) is 3. The van der Waals surface area contributed by atoms with E-state index >= 15 is 0 Å². The standard InChI is InChI=1S/C11H20N2O4S/c1-11(6-17-5-8(11)12)10(16)13-7(9(14)15)3-4-18-2/h7-8H,3-6,12H2,1-2H3,(H,13,16)(H,14,15)/t7-,8?,11?/m0/s1. The minimum atomic E-state index is -1.02. The molecule has 1 heterocycles. The van der Waals surface area contributed by atoms with Crippen LogP contribution in [0.25, 0.3) is 0 Å². The lowest BCUT2D eigenvalue weighted by Crippen LogP contribution is -2.54. The Labute approximate surface area is 111 Å². The molecular formula is C11H20N2O4S. The number of amides is 1. The van der Waals surface area contributed by atoms with Crippen molar-refractivity contribution in [1.82, 2.24) is 5.32 Å². The molecule has 1 rings (SSSR count). The first-order chi connectivity index (χ1) is 8.41. The van der Waals surface area contributed by atoms with Gasteiger partial charge in [-0.25, -0.2) is 4.79 Å². The number of thioether (sulfide) groups is 1. The predicted molar refractivity (Wildman–Crippen MR) is 69.5 cm³/mol. The van der Waals surface area contributed by atoms with Crippen LogP contribution in [-0.2, 0) is 14.3 Å². The van der Waals surface area contributed by atoms with E-state index in [1.54, 1.807) is 18.7 Å². The van der Waals surface area contributed by atoms with Crippen molar-refractivity contribution >= 4 is 23.6 Å². The number of hydrogen-bond acceptors (Lipinski definition) is 5. The van der Waals surface area contributed by atoms with Crippen LogP contribution < -0.4 is 11.1 Å². The van der Waals surface area contributed by atoms with Gasteiger partial charge >= 0.3 is 5.97 Å². The Bertz CT molecular complexity index is 326. The SMILES string of the molecule is CSCC[C@H](NC(=O)C1(C)COCC1N)C(=O)O. The molecule has 0 bridgehead atoms. The molecule has 104 valence electrons. The highest BCUT2D eigenvalue weighted by molar-refractivity contribution is 7.98. The fraction of sp³-hybridized carbons (Fsp3) is 0.818. The first-order valence-electron chi connectivity index (χ1n) is 5.78. The minimum Gasteiger partial charge on any atom is -0.480 e. The number of carboxylic acids is 1. The van der Waals surface area contributed by atoms with Crippen molar-refractivity contribution in [3.8, 4) is 0 Å². The zero-order valence-electron chi connectivity index (χ0n) is 10.6. The van der Waals surface area contributed by atoms with Crippen LogP contribution in [0.2, 0.25) is 0 Å². The van der Waals surface area contributed by atoms with Crippen LogP contribution in [0.15, 0.2) is 0 Å². The molecule has 1 saturated heterocycles. The number of rotatable bonds is 6. The highest BCUT2D eigenvalue weighted by Crippen LogP contribution is 2.27. The van der Waals surface area contributed by atoms with Crippen LogP contribution in [-0.4, -0.2) is 54.3 Å². The Morgan fingerprint density at radius 1 is 1.67 bits per heavy atom. The molecule has 0 aliphatic carbocycles. The average molecular weight is 276 g/mol. The van der Waals surface area contributed by atoms with Gasteiger partial charge < -0.3 is 20.9 Å². The summed E-state index contributed by atoms with van der Waals surface area (Å²) in [6.07, 6.45) is 2.29. The van der Waals surface area contributed by atoms with Crippen molar-refractivity contribution in [3.05, 3.63) is 0 Å². The van der Waals surface area contributed by atoms with Crippen molar-refractivity contribution in [2.75, 3.05) is 25.2 Å². The third-order valence-electron chi connectivity index (χ3n) is 3.25. The molecule has 0 aromatic rings. The molecule has 0 saturated carbocycles. The molecule has 6 nitrogen and oxygen atoms in total. The Hall–Kier alpha value is -0.790. The van der Waals surface area contributed by atoms with Crippen LogP contribution in [0.1, 0.15) is 13.3 Å². The molecule has 1 aliphatic heterocycles. The van der Waals surface area contributed by atoms with Crippen LogP contribution in [0.3, 0.4) is 0 Å². The average Bonchev–Trinajstić information content (AvgIpc) is 2.65. The van der Waals surface area contributed by atoms with E-state index in [1.807, 2.05) is 6.26 Å². The van der Waals surface area contributed by atoms with Gasteiger partial charge in [-0.15, -0.1) is 0 Å². The van der Waals surface area contributed by atoms with Crippen LogP contribution in [0.4, 0.5) is 0 Å². The molecule has 0 aromatic carbocycles. The van der Waals surface area contributed by atoms with Crippen molar-refractivity contribution in [2.45, 2.75) is 25.4 Å². The maximum atomic E-state index is 12.1. The summed E-state index contributed by atoms with van der Waals surface area (Å²) >= 11 is 1.54.